The van der Waals surface area contributed by atoms with Gasteiger partial charge in [0.1, 0.15) is 5.75 Å². The molecule has 216 valence electrons. The average Bonchev–Trinajstić information content (AvgIpc) is 2.97. The molecular formula is C34H40N2O4S. The third kappa shape index (κ3) is 8.75. The van der Waals surface area contributed by atoms with Gasteiger partial charge in [-0.1, -0.05) is 105 Å². The maximum atomic E-state index is 13.8. The van der Waals surface area contributed by atoms with E-state index < -0.39 is 16.1 Å². The molecule has 0 spiro atoms. The second-order valence-electron chi connectivity index (χ2n) is 10.9. The molecule has 0 fully saturated rings. The van der Waals surface area contributed by atoms with E-state index in [1.54, 1.807) is 0 Å². The van der Waals surface area contributed by atoms with E-state index in [-0.39, 0.29) is 35.7 Å². The lowest BCUT2D eigenvalue weighted by atomic mass is 9.97. The predicted octanol–water partition coefficient (Wildman–Crippen LogP) is 5.71. The average molecular weight is 573 g/mol. The van der Waals surface area contributed by atoms with E-state index in [2.05, 4.69) is 29.2 Å². The highest BCUT2D eigenvalue weighted by Gasteiger charge is 2.33. The van der Waals surface area contributed by atoms with Crippen molar-refractivity contribution < 1.29 is 18.6 Å². The van der Waals surface area contributed by atoms with Crippen molar-refractivity contribution in [1.82, 2.24) is 9.21 Å². The van der Waals surface area contributed by atoms with Crippen LogP contribution < -0.4 is 0 Å². The summed E-state index contributed by atoms with van der Waals surface area (Å²) in [5.41, 5.74) is 3.30. The Bertz CT molecular complexity index is 1390. The van der Waals surface area contributed by atoms with Crippen molar-refractivity contribution in [3.8, 4) is 5.75 Å². The maximum absolute atomic E-state index is 13.8. The molecule has 4 aromatic carbocycles. The van der Waals surface area contributed by atoms with Gasteiger partial charge in [0.15, 0.2) is 0 Å². The molecule has 0 aromatic heterocycles. The number of hydrogen-bond acceptors (Lipinski definition) is 5. The molecule has 6 nitrogen and oxygen atoms in total. The van der Waals surface area contributed by atoms with E-state index >= 15 is 0 Å². The van der Waals surface area contributed by atoms with Crippen LogP contribution in [0.5, 0.6) is 5.75 Å². The molecule has 0 heterocycles. The third-order valence-corrected chi connectivity index (χ3v) is 8.94. The highest BCUT2D eigenvalue weighted by Crippen LogP contribution is 2.24. The van der Waals surface area contributed by atoms with Gasteiger partial charge in [0, 0.05) is 32.2 Å². The quantitative estimate of drug-likeness (QED) is 0.202. The zero-order valence-corrected chi connectivity index (χ0v) is 24.6. The lowest BCUT2D eigenvalue weighted by Crippen LogP contribution is -2.50. The van der Waals surface area contributed by atoms with Gasteiger partial charge in [-0.25, -0.2) is 8.42 Å². The van der Waals surface area contributed by atoms with Crippen molar-refractivity contribution in [2.75, 3.05) is 13.1 Å². The number of benzene rings is 4. The van der Waals surface area contributed by atoms with Crippen LogP contribution in [0.3, 0.4) is 0 Å². The molecule has 0 saturated carbocycles. The van der Waals surface area contributed by atoms with Gasteiger partial charge in [0.05, 0.1) is 11.0 Å². The minimum absolute atomic E-state index is 0.000199. The molecule has 41 heavy (non-hydrogen) atoms. The Balaban J connectivity index is 1.70. The minimum Gasteiger partial charge on any atom is -0.508 e. The fourth-order valence-electron chi connectivity index (χ4n) is 5.07. The van der Waals surface area contributed by atoms with Crippen LogP contribution in [0.2, 0.25) is 0 Å². The van der Waals surface area contributed by atoms with Crippen LogP contribution in [0.1, 0.15) is 30.5 Å². The molecule has 4 rings (SSSR count). The summed E-state index contributed by atoms with van der Waals surface area (Å²) >= 11 is 0. The van der Waals surface area contributed by atoms with Crippen LogP contribution in [0.4, 0.5) is 0 Å². The molecule has 0 aliphatic heterocycles. The van der Waals surface area contributed by atoms with Crippen molar-refractivity contribution in [1.29, 1.82) is 0 Å². The molecule has 0 aliphatic carbocycles. The first-order valence-electron chi connectivity index (χ1n) is 14.1. The van der Waals surface area contributed by atoms with Crippen LogP contribution in [0.15, 0.2) is 120 Å². The van der Waals surface area contributed by atoms with Gasteiger partial charge in [-0.2, -0.15) is 4.31 Å². The van der Waals surface area contributed by atoms with Gasteiger partial charge >= 0.3 is 0 Å². The van der Waals surface area contributed by atoms with Crippen molar-refractivity contribution in [3.63, 3.8) is 0 Å². The summed E-state index contributed by atoms with van der Waals surface area (Å²) in [6.07, 6.45) is -0.426. The maximum Gasteiger partial charge on any atom is 0.243 e. The van der Waals surface area contributed by atoms with Gasteiger partial charge in [0.25, 0.3) is 0 Å². The van der Waals surface area contributed by atoms with Gasteiger partial charge in [-0.3, -0.25) is 4.90 Å². The van der Waals surface area contributed by atoms with E-state index in [4.69, 9.17) is 0 Å². The molecule has 0 amide bonds. The second-order valence-corrected chi connectivity index (χ2v) is 12.8. The summed E-state index contributed by atoms with van der Waals surface area (Å²) < 4.78 is 28.9. The van der Waals surface area contributed by atoms with Crippen molar-refractivity contribution in [3.05, 3.63) is 132 Å². The number of phenolic OH excluding ortho intramolecular Hbond substituents is 1. The summed E-state index contributed by atoms with van der Waals surface area (Å²) in [7, 11) is -3.91. The number of rotatable bonds is 14. The standard InChI is InChI=1S/C34H40N2O4S/c1-27(2)23-36(41(39,40)32-20-18-31(37)19-21-32)26-34(38)33(22-28-12-6-3-7-13-28)35(24-29-14-8-4-9-15-29)25-30-16-10-5-11-17-30/h3-21,27,33-34,37-38H,22-26H2,1-2H3/t33-,34+/m0/s1. The summed E-state index contributed by atoms with van der Waals surface area (Å²) in [4.78, 5) is 2.34. The predicted molar refractivity (Wildman–Crippen MR) is 164 cm³/mol. The fraction of sp³-hybridized carbons (Fsp3) is 0.294. The fourth-order valence-corrected chi connectivity index (χ4v) is 6.69. The van der Waals surface area contributed by atoms with Crippen LogP contribution >= 0.6 is 0 Å². The van der Waals surface area contributed by atoms with E-state index in [0.29, 0.717) is 19.5 Å². The van der Waals surface area contributed by atoms with Gasteiger partial charge < -0.3 is 10.2 Å². The summed E-state index contributed by atoms with van der Waals surface area (Å²) in [5, 5.41) is 21.7. The highest BCUT2D eigenvalue weighted by molar-refractivity contribution is 7.89. The third-order valence-electron chi connectivity index (χ3n) is 7.09. The van der Waals surface area contributed by atoms with E-state index in [9.17, 15) is 18.6 Å². The van der Waals surface area contributed by atoms with Crippen LogP contribution in [-0.2, 0) is 29.5 Å². The molecule has 4 aromatic rings. The molecule has 0 bridgehead atoms. The Morgan fingerprint density at radius 3 is 1.59 bits per heavy atom. The molecule has 2 N–H and O–H groups in total. The largest absolute Gasteiger partial charge is 0.508 e. The highest BCUT2D eigenvalue weighted by atomic mass is 32.2. The lowest BCUT2D eigenvalue weighted by Gasteiger charge is -2.37. The van der Waals surface area contributed by atoms with E-state index in [0.717, 1.165) is 16.7 Å². The molecule has 0 radical (unpaired) electrons. The first-order valence-corrected chi connectivity index (χ1v) is 15.5. The van der Waals surface area contributed by atoms with Crippen LogP contribution in [-0.4, -0.2) is 53.1 Å². The number of phenols is 1. The van der Waals surface area contributed by atoms with E-state index in [1.807, 2.05) is 80.6 Å². The van der Waals surface area contributed by atoms with Crippen molar-refractivity contribution >= 4 is 10.0 Å². The SMILES string of the molecule is CC(C)CN(C[C@@H](O)[C@H](Cc1ccccc1)N(Cc1ccccc1)Cc1ccccc1)S(=O)(=O)c1ccc(O)cc1. The Morgan fingerprint density at radius 1 is 0.659 bits per heavy atom. The first kappa shape index (κ1) is 30.5. The van der Waals surface area contributed by atoms with Gasteiger partial charge in [0.2, 0.25) is 10.0 Å². The molecule has 0 aliphatic rings. The molecule has 7 heteroatoms. The van der Waals surface area contributed by atoms with E-state index in [1.165, 1.54) is 28.6 Å². The van der Waals surface area contributed by atoms with Crippen molar-refractivity contribution in [2.24, 2.45) is 5.92 Å². The second kappa shape index (κ2) is 14.4. The Hall–Kier alpha value is -3.49. The molecule has 0 unspecified atom stereocenters. The van der Waals surface area contributed by atoms with Crippen molar-refractivity contribution in [2.45, 2.75) is 50.4 Å². The van der Waals surface area contributed by atoms with Crippen LogP contribution in [0, 0.1) is 5.92 Å². The number of aliphatic hydroxyl groups is 1. The summed E-state index contributed by atoms with van der Waals surface area (Å²) in [5.74, 6) is 0.0474. The number of sulfonamides is 1. The Morgan fingerprint density at radius 2 is 1.12 bits per heavy atom. The number of aromatic hydroxyl groups is 1. The smallest absolute Gasteiger partial charge is 0.243 e. The Labute approximate surface area is 244 Å². The Kier molecular flexibility index (Phi) is 10.7. The first-order chi connectivity index (χ1) is 19.7. The number of aliphatic hydroxyl groups excluding tert-OH is 1. The summed E-state index contributed by atoms with van der Waals surface area (Å²) in [6, 6.07) is 35.5. The topological polar surface area (TPSA) is 81.1 Å². The zero-order chi connectivity index (χ0) is 29.2. The number of hydrogen-bond donors (Lipinski definition) is 2. The summed E-state index contributed by atoms with van der Waals surface area (Å²) in [6.45, 7) is 5.32. The lowest BCUT2D eigenvalue weighted by molar-refractivity contribution is 0.0273. The minimum atomic E-state index is -3.91. The molecule has 0 saturated heterocycles. The molecule has 2 atom stereocenters. The number of nitrogens with zero attached hydrogens (tertiary/aromatic N) is 2. The van der Waals surface area contributed by atoms with Gasteiger partial charge in [-0.05, 0) is 53.3 Å². The zero-order valence-electron chi connectivity index (χ0n) is 23.8. The van der Waals surface area contributed by atoms with Crippen LogP contribution in [0.25, 0.3) is 0 Å². The molecular weight excluding hydrogens is 532 g/mol. The van der Waals surface area contributed by atoms with Gasteiger partial charge in [-0.15, -0.1) is 0 Å². The normalized spacial score (nSPS) is 13.5. The monoisotopic (exact) mass is 572 g/mol.